The maximum atomic E-state index is 10.6. The molecular weight excluding hydrogens is 965 g/mol. The number of phenolic OH excluding ortho intramolecular Hbond substituents is 3. The number of phenols is 3. The summed E-state index contributed by atoms with van der Waals surface area (Å²) in [6, 6.07) is 10.9. The summed E-state index contributed by atoms with van der Waals surface area (Å²) in [6.07, 6.45) is 18.7. The Labute approximate surface area is 448 Å². The lowest BCUT2D eigenvalue weighted by molar-refractivity contribution is -0.138. The van der Waals surface area contributed by atoms with Gasteiger partial charge in [-0.2, -0.15) is 0 Å². The lowest BCUT2D eigenvalue weighted by Crippen LogP contribution is -2.37. The minimum atomic E-state index is -1.11. The molecule has 0 saturated heterocycles. The van der Waals surface area contributed by atoms with Gasteiger partial charge in [-0.25, -0.2) is 0 Å². The molecule has 422 valence electrons. The second-order valence-electron chi connectivity index (χ2n) is 20.3. The van der Waals surface area contributed by atoms with E-state index in [0.29, 0.717) is 42.9 Å². The first-order valence-electron chi connectivity index (χ1n) is 26.5. The van der Waals surface area contributed by atoms with Gasteiger partial charge in [-0.05, 0) is 132 Å². The molecular formula is C59H96O14S. The standard InChI is InChI=1S/C15H30OS.3C13H18O3.C5H12O4/c1-2-3-4-5-6-7-8-9-10-11-12-13-14-15(16)17;3*1-8(2)11-7-10(4-5-13(15)16)9(3)6-12(11)14;6-1-5(2-7,3-8)4-9/h2-14H2,1H3,(H,16,17);3*6-8,14H,4-5H2,1-3H3,(H,15,16);6-9H,1-4H2. The fourth-order valence-corrected chi connectivity index (χ4v) is 7.77. The number of unbranched alkanes of at least 4 members (excludes halogenated alkanes) is 11. The molecule has 0 fully saturated rings. The predicted octanol–water partition coefficient (Wildman–Crippen LogP) is 12.0. The predicted molar refractivity (Wildman–Crippen MR) is 299 cm³/mol. The van der Waals surface area contributed by atoms with E-state index in [2.05, 4.69) is 19.6 Å². The van der Waals surface area contributed by atoms with E-state index in [1.165, 1.54) is 70.6 Å². The van der Waals surface area contributed by atoms with Crippen molar-refractivity contribution < 1.29 is 70.2 Å². The van der Waals surface area contributed by atoms with E-state index in [0.717, 1.165) is 56.5 Å². The quantitative estimate of drug-likeness (QED) is 0.0228. The van der Waals surface area contributed by atoms with Gasteiger partial charge in [0.1, 0.15) is 17.2 Å². The third-order valence-corrected chi connectivity index (χ3v) is 13.0. The molecule has 0 radical (unpaired) electrons. The van der Waals surface area contributed by atoms with E-state index >= 15 is 0 Å². The minimum Gasteiger partial charge on any atom is -0.508 e. The number of hydrogen-bond donors (Lipinski definition) is 11. The van der Waals surface area contributed by atoms with Gasteiger partial charge in [0.2, 0.25) is 0 Å². The maximum absolute atomic E-state index is 10.6. The molecule has 14 nitrogen and oxygen atoms in total. The van der Waals surface area contributed by atoms with Crippen molar-refractivity contribution in [3.05, 3.63) is 86.5 Å². The Morgan fingerprint density at radius 3 is 0.865 bits per heavy atom. The van der Waals surface area contributed by atoms with Gasteiger partial charge in [0.05, 0.1) is 31.8 Å². The molecule has 3 aromatic carbocycles. The van der Waals surface area contributed by atoms with Gasteiger partial charge in [0.25, 0.3) is 0 Å². The van der Waals surface area contributed by atoms with Crippen LogP contribution in [-0.2, 0) is 38.4 Å². The monoisotopic (exact) mass is 1060 g/mol. The first-order valence-corrected chi connectivity index (χ1v) is 27.0. The zero-order chi connectivity index (χ0) is 57.0. The molecule has 0 spiro atoms. The van der Waals surface area contributed by atoms with Gasteiger partial charge >= 0.3 is 17.9 Å². The van der Waals surface area contributed by atoms with Crippen LogP contribution in [0.1, 0.15) is 219 Å². The van der Waals surface area contributed by atoms with Gasteiger partial charge in [0, 0.05) is 25.7 Å². The Morgan fingerprint density at radius 1 is 0.432 bits per heavy atom. The number of thiol groups is 1. The van der Waals surface area contributed by atoms with E-state index in [9.17, 15) is 34.5 Å². The number of aliphatic hydroxyl groups excluding tert-OH is 4. The molecule has 0 amide bonds. The Balaban J connectivity index is 0. The van der Waals surface area contributed by atoms with Crippen molar-refractivity contribution in [1.82, 2.24) is 0 Å². The first-order chi connectivity index (χ1) is 34.8. The Kier molecular flexibility index (Phi) is 39.2. The van der Waals surface area contributed by atoms with E-state index in [4.69, 9.17) is 35.7 Å². The lowest BCUT2D eigenvalue weighted by Gasteiger charge is -2.23. The fraction of sp³-hybridized carbons (Fsp3) is 0.627. The number of aryl methyl sites for hydroxylation is 6. The number of carboxylic acid groups (broad SMARTS) is 3. The minimum absolute atomic E-state index is 0.0390. The van der Waals surface area contributed by atoms with Gasteiger partial charge in [-0.3, -0.25) is 19.2 Å². The third-order valence-electron chi connectivity index (χ3n) is 12.7. The summed E-state index contributed by atoms with van der Waals surface area (Å²) in [5.41, 5.74) is 7.38. The van der Waals surface area contributed by atoms with Crippen LogP contribution < -0.4 is 0 Å². The van der Waals surface area contributed by atoms with Crippen LogP contribution >= 0.6 is 12.6 Å². The van der Waals surface area contributed by atoms with Crippen LogP contribution in [0.25, 0.3) is 0 Å². The summed E-state index contributed by atoms with van der Waals surface area (Å²) in [4.78, 5) is 42.2. The van der Waals surface area contributed by atoms with E-state index in [-0.39, 0.29) is 42.1 Å². The molecule has 0 aliphatic heterocycles. The molecule has 0 aromatic heterocycles. The van der Waals surface area contributed by atoms with Crippen LogP contribution in [0.3, 0.4) is 0 Å². The summed E-state index contributed by atoms with van der Waals surface area (Å²) in [7, 11) is 0. The number of rotatable bonds is 29. The van der Waals surface area contributed by atoms with Gasteiger partial charge < -0.3 is 51.1 Å². The largest absolute Gasteiger partial charge is 0.508 e. The molecule has 10 N–H and O–H groups in total. The van der Waals surface area contributed by atoms with Gasteiger partial charge in [-0.15, -0.1) is 12.6 Å². The Bertz CT molecular complexity index is 1860. The smallest absolute Gasteiger partial charge is 0.303 e. The third kappa shape index (κ3) is 31.9. The normalized spacial score (nSPS) is 10.9. The average molecular weight is 1060 g/mol. The van der Waals surface area contributed by atoms with Crippen LogP contribution in [0.5, 0.6) is 17.2 Å². The summed E-state index contributed by atoms with van der Waals surface area (Å²) >= 11 is 3.77. The molecule has 0 unspecified atom stereocenters. The second kappa shape index (κ2) is 40.6. The van der Waals surface area contributed by atoms with Crippen LogP contribution in [0, 0.1) is 26.2 Å². The van der Waals surface area contributed by atoms with Crippen molar-refractivity contribution in [2.45, 2.75) is 209 Å². The average Bonchev–Trinajstić information content (AvgIpc) is 3.32. The number of benzene rings is 3. The Hall–Kier alpha value is -4.67. The summed E-state index contributed by atoms with van der Waals surface area (Å²) in [5, 5.41) is 89.2. The first kappa shape index (κ1) is 71.4. The van der Waals surface area contributed by atoms with Crippen molar-refractivity contribution in [2.24, 2.45) is 5.41 Å². The molecule has 15 heteroatoms. The van der Waals surface area contributed by atoms with Crippen molar-refractivity contribution in [1.29, 1.82) is 0 Å². The number of aromatic hydroxyl groups is 3. The molecule has 0 aliphatic carbocycles. The number of carbonyl (C=O) groups is 4. The maximum Gasteiger partial charge on any atom is 0.303 e. The summed E-state index contributed by atoms with van der Waals surface area (Å²) < 4.78 is 0. The fourth-order valence-electron chi connectivity index (χ4n) is 7.61. The highest BCUT2D eigenvalue weighted by molar-refractivity contribution is 7.96. The molecule has 0 saturated carbocycles. The molecule has 3 aromatic rings. The molecule has 74 heavy (non-hydrogen) atoms. The highest BCUT2D eigenvalue weighted by Gasteiger charge is 2.26. The van der Waals surface area contributed by atoms with E-state index in [1.54, 1.807) is 18.2 Å². The summed E-state index contributed by atoms with van der Waals surface area (Å²) in [6.45, 7) is 18.3. The number of aliphatic carboxylic acids is 3. The van der Waals surface area contributed by atoms with E-state index < -0.39 is 49.8 Å². The highest BCUT2D eigenvalue weighted by Crippen LogP contribution is 2.31. The Morgan fingerprint density at radius 2 is 0.676 bits per heavy atom. The van der Waals surface area contributed by atoms with E-state index in [1.807, 2.05) is 80.5 Å². The van der Waals surface area contributed by atoms with Crippen molar-refractivity contribution in [2.75, 3.05) is 26.4 Å². The van der Waals surface area contributed by atoms with Crippen LogP contribution in [0.2, 0.25) is 0 Å². The van der Waals surface area contributed by atoms with Crippen molar-refractivity contribution >= 4 is 35.7 Å². The molecule has 0 heterocycles. The lowest BCUT2D eigenvalue weighted by atomic mass is 9.93. The molecule has 0 bridgehead atoms. The van der Waals surface area contributed by atoms with Crippen molar-refractivity contribution in [3.8, 4) is 17.2 Å². The van der Waals surface area contributed by atoms with Crippen LogP contribution in [0.4, 0.5) is 0 Å². The van der Waals surface area contributed by atoms with Gasteiger partial charge in [0.15, 0.2) is 5.12 Å². The second-order valence-corrected chi connectivity index (χ2v) is 20.8. The van der Waals surface area contributed by atoms with Crippen LogP contribution in [0.15, 0.2) is 36.4 Å². The van der Waals surface area contributed by atoms with Crippen LogP contribution in [-0.4, -0.2) is 101 Å². The molecule has 0 atom stereocenters. The number of carbonyl (C=O) groups excluding carboxylic acids is 1. The topological polar surface area (TPSA) is 271 Å². The zero-order valence-corrected chi connectivity index (χ0v) is 47.4. The zero-order valence-electron chi connectivity index (χ0n) is 46.5. The number of carboxylic acids is 3. The van der Waals surface area contributed by atoms with Crippen molar-refractivity contribution in [3.63, 3.8) is 0 Å². The number of hydrogen-bond acceptors (Lipinski definition) is 11. The summed E-state index contributed by atoms with van der Waals surface area (Å²) in [5.74, 6) is -0.766. The molecule has 0 aliphatic rings. The van der Waals surface area contributed by atoms with Gasteiger partial charge in [-0.1, -0.05) is 137 Å². The highest BCUT2D eigenvalue weighted by atomic mass is 32.1. The SMILES string of the molecule is CCCCCCCCCCCCCCC(=O)S.Cc1cc(O)c(C(C)C)cc1CCC(=O)O.Cc1cc(O)c(C(C)C)cc1CCC(=O)O.Cc1cc(O)c(C(C)C)cc1CCC(=O)O.OCC(CO)(CO)CO. The molecule has 3 rings (SSSR count). The number of aliphatic hydroxyl groups is 4.